The highest BCUT2D eigenvalue weighted by atomic mass is 79.9. The zero-order valence-electron chi connectivity index (χ0n) is 10.4. The van der Waals surface area contributed by atoms with Crippen molar-refractivity contribution in [3.05, 3.63) is 43.4 Å². The van der Waals surface area contributed by atoms with Gasteiger partial charge in [-0.3, -0.25) is 4.79 Å². The number of halogens is 1. The van der Waals surface area contributed by atoms with E-state index >= 15 is 0 Å². The predicted octanol–water partition coefficient (Wildman–Crippen LogP) is 2.33. The van der Waals surface area contributed by atoms with E-state index in [0.29, 0.717) is 29.9 Å². The first kappa shape index (κ1) is 14.2. The Morgan fingerprint density at radius 1 is 1.58 bits per heavy atom. The van der Waals surface area contributed by atoms with Gasteiger partial charge in [-0.2, -0.15) is 5.10 Å². The average Bonchev–Trinajstić information content (AvgIpc) is 2.92. The second kappa shape index (κ2) is 6.83. The van der Waals surface area contributed by atoms with Gasteiger partial charge >= 0.3 is 0 Å². The van der Waals surface area contributed by atoms with Crippen LogP contribution in [0, 0.1) is 0 Å². The van der Waals surface area contributed by atoms with Crippen LogP contribution in [-0.2, 0) is 17.8 Å². The molecule has 0 saturated heterocycles. The van der Waals surface area contributed by atoms with Crippen molar-refractivity contribution in [2.75, 3.05) is 19.0 Å². The van der Waals surface area contributed by atoms with Crippen molar-refractivity contribution in [1.82, 2.24) is 9.78 Å². The van der Waals surface area contributed by atoms with Crippen LogP contribution in [0.15, 0.2) is 33.0 Å². The zero-order valence-corrected chi connectivity index (χ0v) is 12.8. The second-order valence-electron chi connectivity index (χ2n) is 3.83. The Morgan fingerprint density at radius 2 is 2.42 bits per heavy atom. The number of aromatic nitrogens is 2. The molecule has 5 nitrogen and oxygen atoms in total. The van der Waals surface area contributed by atoms with Gasteiger partial charge in [-0.15, -0.1) is 11.3 Å². The maximum Gasteiger partial charge on any atom is 0.283 e. The van der Waals surface area contributed by atoms with Crippen LogP contribution in [0.3, 0.4) is 0 Å². The molecular weight excluding hydrogens is 330 g/mol. The highest BCUT2D eigenvalue weighted by Crippen LogP contribution is 2.18. The molecule has 0 bridgehead atoms. The normalized spacial score (nSPS) is 10.6. The summed E-state index contributed by atoms with van der Waals surface area (Å²) in [7, 11) is 1.59. The largest absolute Gasteiger partial charge is 0.383 e. The predicted molar refractivity (Wildman–Crippen MR) is 79.7 cm³/mol. The Labute approximate surface area is 123 Å². The van der Waals surface area contributed by atoms with Crippen LogP contribution in [0.1, 0.15) is 4.88 Å². The summed E-state index contributed by atoms with van der Waals surface area (Å²) in [6.07, 6.45) is 1.65. The molecule has 0 unspecified atom stereocenters. The molecule has 0 aliphatic heterocycles. The van der Waals surface area contributed by atoms with Crippen LogP contribution in [-0.4, -0.2) is 23.5 Å². The summed E-state index contributed by atoms with van der Waals surface area (Å²) in [6, 6.07) is 4.04. The monoisotopic (exact) mass is 343 g/mol. The first-order chi connectivity index (χ1) is 9.22. The average molecular weight is 344 g/mol. The van der Waals surface area contributed by atoms with Gasteiger partial charge in [0.25, 0.3) is 5.56 Å². The number of anilines is 1. The van der Waals surface area contributed by atoms with Crippen molar-refractivity contribution in [2.24, 2.45) is 0 Å². The molecule has 0 fully saturated rings. The Balaban J connectivity index is 2.09. The van der Waals surface area contributed by atoms with Crippen molar-refractivity contribution < 1.29 is 4.74 Å². The zero-order chi connectivity index (χ0) is 13.7. The lowest BCUT2D eigenvalue weighted by molar-refractivity contribution is 0.181. The van der Waals surface area contributed by atoms with E-state index in [0.717, 1.165) is 0 Å². The van der Waals surface area contributed by atoms with E-state index in [9.17, 15) is 4.79 Å². The minimum Gasteiger partial charge on any atom is -0.383 e. The van der Waals surface area contributed by atoms with Crippen molar-refractivity contribution in [3.63, 3.8) is 0 Å². The summed E-state index contributed by atoms with van der Waals surface area (Å²) in [5.74, 6) is 0. The fourth-order valence-corrected chi connectivity index (χ4v) is 2.61. The lowest BCUT2D eigenvalue weighted by Gasteiger charge is -2.09. The number of rotatable bonds is 6. The number of nitrogens with one attached hydrogen (secondary N) is 1. The highest BCUT2D eigenvalue weighted by molar-refractivity contribution is 9.10. The van der Waals surface area contributed by atoms with Crippen LogP contribution in [0.4, 0.5) is 5.69 Å². The first-order valence-corrected chi connectivity index (χ1v) is 7.40. The van der Waals surface area contributed by atoms with E-state index in [2.05, 4.69) is 26.3 Å². The SMILES string of the molecule is COCCn1ncc(NCc2cccs2)c(Br)c1=O. The molecule has 2 aromatic heterocycles. The van der Waals surface area contributed by atoms with Crippen LogP contribution < -0.4 is 10.9 Å². The molecule has 0 amide bonds. The molecule has 19 heavy (non-hydrogen) atoms. The Hall–Kier alpha value is -1.18. The minimum atomic E-state index is -0.159. The van der Waals surface area contributed by atoms with Crippen molar-refractivity contribution in [2.45, 2.75) is 13.1 Å². The van der Waals surface area contributed by atoms with Crippen LogP contribution in [0.2, 0.25) is 0 Å². The Morgan fingerprint density at radius 3 is 3.11 bits per heavy atom. The lowest BCUT2D eigenvalue weighted by atomic mass is 10.4. The van der Waals surface area contributed by atoms with Gasteiger partial charge in [0.1, 0.15) is 4.47 Å². The number of thiophene rings is 1. The summed E-state index contributed by atoms with van der Waals surface area (Å²) in [6.45, 7) is 1.58. The van der Waals surface area contributed by atoms with Crippen LogP contribution >= 0.6 is 27.3 Å². The van der Waals surface area contributed by atoms with Gasteiger partial charge in [0, 0.05) is 18.5 Å². The number of nitrogens with zero attached hydrogens (tertiary/aromatic N) is 2. The molecule has 2 heterocycles. The van der Waals surface area contributed by atoms with Gasteiger partial charge in [0.05, 0.1) is 25.0 Å². The number of ether oxygens (including phenoxy) is 1. The minimum absolute atomic E-state index is 0.159. The Bertz CT molecular complexity index is 583. The van der Waals surface area contributed by atoms with E-state index in [1.165, 1.54) is 9.56 Å². The molecule has 0 aromatic carbocycles. The van der Waals surface area contributed by atoms with E-state index in [1.54, 1.807) is 24.6 Å². The third-order valence-corrected chi connectivity index (χ3v) is 4.17. The van der Waals surface area contributed by atoms with Crippen molar-refractivity contribution >= 4 is 33.0 Å². The first-order valence-electron chi connectivity index (χ1n) is 5.73. The van der Waals surface area contributed by atoms with Gasteiger partial charge in [0.2, 0.25) is 0 Å². The number of methoxy groups -OCH3 is 1. The summed E-state index contributed by atoms with van der Waals surface area (Å²) >= 11 is 4.98. The number of hydrogen-bond donors (Lipinski definition) is 1. The lowest BCUT2D eigenvalue weighted by Crippen LogP contribution is -2.26. The maximum absolute atomic E-state index is 12.0. The topological polar surface area (TPSA) is 56.1 Å². The molecular formula is C12H14BrN3O2S. The molecule has 2 aromatic rings. The Kier molecular flexibility index (Phi) is 5.12. The van der Waals surface area contributed by atoms with E-state index in [4.69, 9.17) is 4.74 Å². The van der Waals surface area contributed by atoms with Gasteiger partial charge in [-0.25, -0.2) is 4.68 Å². The smallest absolute Gasteiger partial charge is 0.283 e. The van der Waals surface area contributed by atoms with Crippen molar-refractivity contribution in [3.8, 4) is 0 Å². The third kappa shape index (κ3) is 3.65. The second-order valence-corrected chi connectivity index (χ2v) is 5.65. The third-order valence-electron chi connectivity index (χ3n) is 2.53. The molecule has 7 heteroatoms. The van der Waals surface area contributed by atoms with Gasteiger partial charge < -0.3 is 10.1 Å². The van der Waals surface area contributed by atoms with Gasteiger partial charge in [-0.1, -0.05) is 6.07 Å². The number of hydrogen-bond acceptors (Lipinski definition) is 5. The van der Waals surface area contributed by atoms with Gasteiger partial charge in [0.15, 0.2) is 0 Å². The highest BCUT2D eigenvalue weighted by Gasteiger charge is 2.08. The fourth-order valence-electron chi connectivity index (χ4n) is 1.52. The summed E-state index contributed by atoms with van der Waals surface area (Å²) in [5, 5.41) is 9.33. The maximum atomic E-state index is 12.0. The molecule has 0 aliphatic rings. The molecule has 0 atom stereocenters. The summed E-state index contributed by atoms with van der Waals surface area (Å²) in [4.78, 5) is 13.2. The van der Waals surface area contributed by atoms with Crippen LogP contribution in [0.5, 0.6) is 0 Å². The molecule has 0 radical (unpaired) electrons. The van der Waals surface area contributed by atoms with Gasteiger partial charge in [-0.05, 0) is 27.4 Å². The molecule has 0 saturated carbocycles. The quantitative estimate of drug-likeness (QED) is 0.874. The van der Waals surface area contributed by atoms with E-state index in [-0.39, 0.29) is 5.56 Å². The summed E-state index contributed by atoms with van der Waals surface area (Å²) in [5.41, 5.74) is 0.542. The summed E-state index contributed by atoms with van der Waals surface area (Å²) < 4.78 is 6.81. The molecule has 0 spiro atoms. The standard InChI is InChI=1S/C12H14BrN3O2S/c1-18-5-4-16-12(17)11(13)10(8-15-16)14-7-9-3-2-6-19-9/h2-3,6,8,14H,4-5,7H2,1H3. The molecule has 102 valence electrons. The van der Waals surface area contributed by atoms with Crippen molar-refractivity contribution in [1.29, 1.82) is 0 Å². The van der Waals surface area contributed by atoms with Crippen LogP contribution in [0.25, 0.3) is 0 Å². The van der Waals surface area contributed by atoms with E-state index < -0.39 is 0 Å². The molecule has 0 aliphatic carbocycles. The molecule has 1 N–H and O–H groups in total. The fraction of sp³-hybridized carbons (Fsp3) is 0.333. The van der Waals surface area contributed by atoms with E-state index in [1.807, 2.05) is 17.5 Å². The molecule has 2 rings (SSSR count).